The van der Waals surface area contributed by atoms with Crippen molar-refractivity contribution in [3.05, 3.63) is 29.3 Å². The monoisotopic (exact) mass is 244 g/mol. The Balaban J connectivity index is 1.96. The Morgan fingerprint density at radius 3 is 2.89 bits per heavy atom. The lowest BCUT2D eigenvalue weighted by Crippen LogP contribution is -2.25. The number of hydrogen-bond acceptors (Lipinski definition) is 3. The van der Waals surface area contributed by atoms with Gasteiger partial charge in [0.15, 0.2) is 0 Å². The number of rotatable bonds is 4. The molecule has 1 aromatic carbocycles. The molecule has 0 heterocycles. The topological polar surface area (TPSA) is 45.0 Å². The molecule has 3 nitrogen and oxygen atoms in total. The van der Waals surface area contributed by atoms with E-state index in [-0.39, 0.29) is 0 Å². The average molecular weight is 244 g/mol. The Bertz CT molecular complexity index is 450. The van der Waals surface area contributed by atoms with Gasteiger partial charge in [-0.3, -0.25) is 0 Å². The summed E-state index contributed by atoms with van der Waals surface area (Å²) in [5.41, 5.74) is 1.75. The van der Waals surface area contributed by atoms with Crippen LogP contribution in [-0.2, 0) is 6.54 Å². The Morgan fingerprint density at radius 1 is 1.44 bits per heavy atom. The van der Waals surface area contributed by atoms with Gasteiger partial charge in [0, 0.05) is 12.6 Å². The van der Waals surface area contributed by atoms with E-state index >= 15 is 0 Å². The van der Waals surface area contributed by atoms with E-state index in [2.05, 4.69) is 18.3 Å². The fraction of sp³-hybridized carbons (Fsp3) is 0.533. The maximum atomic E-state index is 9.04. The normalized spacial score (nSPS) is 22.7. The van der Waals surface area contributed by atoms with Crippen LogP contribution in [0.3, 0.4) is 0 Å². The second-order valence-electron chi connectivity index (χ2n) is 5.14. The van der Waals surface area contributed by atoms with E-state index < -0.39 is 0 Å². The van der Waals surface area contributed by atoms with Gasteiger partial charge in [0.1, 0.15) is 11.8 Å². The smallest absolute Gasteiger partial charge is 0.136 e. The Morgan fingerprint density at radius 2 is 2.28 bits per heavy atom. The summed E-state index contributed by atoms with van der Waals surface area (Å²) in [6, 6.07) is 8.59. The molecular weight excluding hydrogens is 224 g/mol. The van der Waals surface area contributed by atoms with Crippen molar-refractivity contribution in [2.75, 3.05) is 7.11 Å². The van der Waals surface area contributed by atoms with Gasteiger partial charge in [-0.05, 0) is 42.9 Å². The van der Waals surface area contributed by atoms with Gasteiger partial charge in [0.25, 0.3) is 0 Å². The van der Waals surface area contributed by atoms with Crippen LogP contribution in [0.15, 0.2) is 18.2 Å². The third-order valence-electron chi connectivity index (χ3n) is 3.67. The largest absolute Gasteiger partial charge is 0.495 e. The van der Waals surface area contributed by atoms with E-state index in [9.17, 15) is 0 Å². The van der Waals surface area contributed by atoms with Crippen LogP contribution in [0.4, 0.5) is 0 Å². The summed E-state index contributed by atoms with van der Waals surface area (Å²) in [6.07, 6.45) is 3.85. The van der Waals surface area contributed by atoms with Crippen molar-refractivity contribution in [2.45, 2.75) is 38.8 Å². The standard InChI is InChI=1S/C15H20N2O/c1-11-3-5-14(7-11)17-10-12-4-6-15(18-2)13(8-12)9-16/h4,6,8,11,14,17H,3,5,7,10H2,1-2H3. The fourth-order valence-corrected chi connectivity index (χ4v) is 2.61. The number of hydrogen-bond donors (Lipinski definition) is 1. The zero-order valence-corrected chi connectivity index (χ0v) is 11.1. The van der Waals surface area contributed by atoms with E-state index in [0.717, 1.165) is 18.0 Å². The van der Waals surface area contributed by atoms with E-state index in [1.54, 1.807) is 7.11 Å². The summed E-state index contributed by atoms with van der Waals surface area (Å²) < 4.78 is 5.14. The van der Waals surface area contributed by atoms with E-state index in [0.29, 0.717) is 17.4 Å². The second kappa shape index (κ2) is 5.88. The van der Waals surface area contributed by atoms with Gasteiger partial charge in [0.05, 0.1) is 12.7 Å². The van der Waals surface area contributed by atoms with Crippen molar-refractivity contribution in [1.29, 1.82) is 5.26 Å². The van der Waals surface area contributed by atoms with Crippen LogP contribution in [0, 0.1) is 17.2 Å². The predicted molar refractivity (Wildman–Crippen MR) is 71.4 cm³/mol. The molecule has 1 aliphatic rings. The Labute approximate surface area is 109 Å². The van der Waals surface area contributed by atoms with Gasteiger partial charge < -0.3 is 10.1 Å². The molecule has 2 rings (SSSR count). The molecule has 96 valence electrons. The number of methoxy groups -OCH3 is 1. The van der Waals surface area contributed by atoms with Crippen LogP contribution in [0.1, 0.15) is 37.3 Å². The lowest BCUT2D eigenvalue weighted by atomic mass is 10.1. The highest BCUT2D eigenvalue weighted by Gasteiger charge is 2.20. The summed E-state index contributed by atoms with van der Waals surface area (Å²) in [6.45, 7) is 3.14. The number of nitrogens with zero attached hydrogens (tertiary/aromatic N) is 1. The minimum absolute atomic E-state index is 0.608. The summed E-state index contributed by atoms with van der Waals surface area (Å²) in [4.78, 5) is 0. The van der Waals surface area contributed by atoms with Gasteiger partial charge in [0.2, 0.25) is 0 Å². The van der Waals surface area contributed by atoms with E-state index in [1.165, 1.54) is 19.3 Å². The zero-order valence-electron chi connectivity index (χ0n) is 11.1. The number of nitrogens with one attached hydrogen (secondary N) is 1. The molecule has 0 radical (unpaired) electrons. The quantitative estimate of drug-likeness (QED) is 0.885. The van der Waals surface area contributed by atoms with Crippen molar-refractivity contribution in [3.63, 3.8) is 0 Å². The van der Waals surface area contributed by atoms with Gasteiger partial charge in [-0.1, -0.05) is 13.0 Å². The minimum Gasteiger partial charge on any atom is -0.495 e. The molecule has 1 N–H and O–H groups in total. The summed E-state index contributed by atoms with van der Waals surface area (Å²) in [5, 5.41) is 12.6. The summed E-state index contributed by atoms with van der Waals surface area (Å²) in [7, 11) is 1.59. The molecule has 2 atom stereocenters. The van der Waals surface area contributed by atoms with Crippen molar-refractivity contribution in [3.8, 4) is 11.8 Å². The lowest BCUT2D eigenvalue weighted by molar-refractivity contribution is 0.413. The number of nitriles is 1. The Hall–Kier alpha value is -1.53. The second-order valence-corrected chi connectivity index (χ2v) is 5.14. The van der Waals surface area contributed by atoms with Crippen molar-refractivity contribution in [1.82, 2.24) is 5.32 Å². The SMILES string of the molecule is COc1ccc(CNC2CCC(C)C2)cc1C#N. The highest BCUT2D eigenvalue weighted by atomic mass is 16.5. The van der Waals surface area contributed by atoms with Crippen molar-refractivity contribution >= 4 is 0 Å². The highest BCUT2D eigenvalue weighted by Crippen LogP contribution is 2.25. The maximum Gasteiger partial charge on any atom is 0.136 e. The van der Waals surface area contributed by atoms with E-state index in [4.69, 9.17) is 10.00 Å². The number of benzene rings is 1. The first-order chi connectivity index (χ1) is 8.72. The molecule has 1 aromatic rings. The van der Waals surface area contributed by atoms with Gasteiger partial charge >= 0.3 is 0 Å². The third kappa shape index (κ3) is 3.02. The van der Waals surface area contributed by atoms with Crippen LogP contribution in [0.25, 0.3) is 0 Å². The van der Waals surface area contributed by atoms with E-state index in [1.807, 2.05) is 18.2 Å². The molecule has 0 bridgehead atoms. The molecule has 0 amide bonds. The first-order valence-corrected chi connectivity index (χ1v) is 6.53. The molecule has 0 spiro atoms. The molecule has 2 unspecified atom stereocenters. The first kappa shape index (κ1) is 12.9. The summed E-state index contributed by atoms with van der Waals surface area (Å²) in [5.74, 6) is 1.49. The molecule has 0 aliphatic heterocycles. The van der Waals surface area contributed by atoms with Crippen LogP contribution < -0.4 is 10.1 Å². The van der Waals surface area contributed by atoms with Gasteiger partial charge in [-0.2, -0.15) is 5.26 Å². The summed E-state index contributed by atoms with van der Waals surface area (Å²) >= 11 is 0. The van der Waals surface area contributed by atoms with Crippen LogP contribution in [-0.4, -0.2) is 13.2 Å². The minimum atomic E-state index is 0.608. The third-order valence-corrected chi connectivity index (χ3v) is 3.67. The number of ether oxygens (including phenoxy) is 1. The lowest BCUT2D eigenvalue weighted by Gasteiger charge is -2.13. The first-order valence-electron chi connectivity index (χ1n) is 6.53. The molecule has 3 heteroatoms. The molecule has 0 aromatic heterocycles. The maximum absolute atomic E-state index is 9.04. The predicted octanol–water partition coefficient (Wildman–Crippen LogP) is 2.85. The highest BCUT2D eigenvalue weighted by molar-refractivity contribution is 5.45. The van der Waals surface area contributed by atoms with Gasteiger partial charge in [-0.15, -0.1) is 0 Å². The molecule has 18 heavy (non-hydrogen) atoms. The molecule has 1 saturated carbocycles. The zero-order chi connectivity index (χ0) is 13.0. The Kier molecular flexibility index (Phi) is 4.22. The molecule has 1 fully saturated rings. The van der Waals surface area contributed by atoms with Crippen molar-refractivity contribution < 1.29 is 4.74 Å². The fourth-order valence-electron chi connectivity index (χ4n) is 2.61. The molecule has 1 aliphatic carbocycles. The average Bonchev–Trinajstić information content (AvgIpc) is 2.81. The molecular formula is C15H20N2O. The van der Waals surface area contributed by atoms with Crippen molar-refractivity contribution in [2.24, 2.45) is 5.92 Å². The van der Waals surface area contributed by atoms with Crippen LogP contribution >= 0.6 is 0 Å². The van der Waals surface area contributed by atoms with Gasteiger partial charge in [-0.25, -0.2) is 0 Å². The molecule has 0 saturated heterocycles. The van der Waals surface area contributed by atoms with Crippen LogP contribution in [0.2, 0.25) is 0 Å². The van der Waals surface area contributed by atoms with Crippen LogP contribution in [0.5, 0.6) is 5.75 Å².